The number of esters is 2. The molecule has 0 rings (SSSR count). The average molecular weight is 364 g/mol. The molecule has 0 fully saturated rings. The van der Waals surface area contributed by atoms with E-state index >= 15 is 0 Å². The summed E-state index contributed by atoms with van der Waals surface area (Å²) in [6, 6.07) is 0. The van der Waals surface area contributed by atoms with Crippen LogP contribution in [0, 0.1) is 5.41 Å². The van der Waals surface area contributed by atoms with Gasteiger partial charge in [0.05, 0.1) is 13.2 Å². The number of rotatable bonds is 8. The first-order valence-corrected chi connectivity index (χ1v) is 8.20. The number of hydrogen-bond donors (Lipinski definition) is 2. The van der Waals surface area contributed by atoms with Crippen LogP contribution >= 0.6 is 0 Å². The Morgan fingerprint density at radius 2 is 1.16 bits per heavy atom. The number of carbonyl (C=O) groups excluding carboxylic acids is 2. The van der Waals surface area contributed by atoms with Crippen molar-refractivity contribution in [1.29, 1.82) is 0 Å². The SMILES string of the molecule is CCC(=O)O.CCC(=O)O.CCOC(=O)CC(=O)OCC(C)(C)CC. The van der Waals surface area contributed by atoms with Gasteiger partial charge in [-0.05, 0) is 18.8 Å². The molecule has 0 unspecified atom stereocenters. The van der Waals surface area contributed by atoms with E-state index in [1.807, 2.05) is 20.8 Å². The van der Waals surface area contributed by atoms with E-state index in [4.69, 9.17) is 14.9 Å². The van der Waals surface area contributed by atoms with Crippen LogP contribution in [0.15, 0.2) is 0 Å². The van der Waals surface area contributed by atoms with Crippen molar-refractivity contribution in [3.8, 4) is 0 Å². The quantitative estimate of drug-likeness (QED) is 0.497. The van der Waals surface area contributed by atoms with Gasteiger partial charge in [0.2, 0.25) is 0 Å². The minimum Gasteiger partial charge on any atom is -0.481 e. The van der Waals surface area contributed by atoms with Gasteiger partial charge >= 0.3 is 23.9 Å². The molecule has 0 aliphatic carbocycles. The van der Waals surface area contributed by atoms with Gasteiger partial charge in [-0.2, -0.15) is 0 Å². The monoisotopic (exact) mass is 364 g/mol. The molecule has 0 saturated carbocycles. The van der Waals surface area contributed by atoms with Crippen LogP contribution < -0.4 is 0 Å². The van der Waals surface area contributed by atoms with Gasteiger partial charge in [0, 0.05) is 12.8 Å². The molecule has 0 aromatic carbocycles. The molecule has 0 saturated heterocycles. The molecule has 148 valence electrons. The first kappa shape index (κ1) is 27.7. The predicted molar refractivity (Wildman–Crippen MR) is 92.1 cm³/mol. The molecule has 0 amide bonds. The van der Waals surface area contributed by atoms with Crippen LogP contribution in [-0.4, -0.2) is 47.3 Å². The number of aliphatic carboxylic acids is 2. The Hall–Kier alpha value is -2.12. The lowest BCUT2D eigenvalue weighted by molar-refractivity contribution is -0.156. The van der Waals surface area contributed by atoms with Crippen molar-refractivity contribution >= 4 is 23.9 Å². The van der Waals surface area contributed by atoms with E-state index in [0.717, 1.165) is 6.42 Å². The second kappa shape index (κ2) is 16.7. The fourth-order valence-electron chi connectivity index (χ4n) is 0.759. The van der Waals surface area contributed by atoms with Gasteiger partial charge in [-0.25, -0.2) is 0 Å². The molecule has 0 aromatic heterocycles. The van der Waals surface area contributed by atoms with E-state index in [1.54, 1.807) is 20.8 Å². The van der Waals surface area contributed by atoms with E-state index in [2.05, 4.69) is 4.74 Å². The molecule has 8 heteroatoms. The highest BCUT2D eigenvalue weighted by molar-refractivity contribution is 5.91. The summed E-state index contributed by atoms with van der Waals surface area (Å²) in [7, 11) is 0. The Morgan fingerprint density at radius 3 is 1.44 bits per heavy atom. The number of carbonyl (C=O) groups is 4. The zero-order chi connectivity index (χ0) is 20.5. The summed E-state index contributed by atoms with van der Waals surface area (Å²) in [6.07, 6.45) is 1.06. The van der Waals surface area contributed by atoms with Crippen LogP contribution in [0.3, 0.4) is 0 Å². The molecule has 0 aliphatic heterocycles. The number of carboxylic acids is 2. The maximum Gasteiger partial charge on any atom is 0.317 e. The Kier molecular flexibility index (Phi) is 18.5. The molecule has 0 spiro atoms. The third-order valence-corrected chi connectivity index (χ3v) is 2.78. The van der Waals surface area contributed by atoms with Crippen molar-refractivity contribution in [3.05, 3.63) is 0 Å². The number of ether oxygens (including phenoxy) is 2. The molecule has 2 N–H and O–H groups in total. The summed E-state index contributed by atoms with van der Waals surface area (Å²) < 4.78 is 9.61. The highest BCUT2D eigenvalue weighted by atomic mass is 16.6. The third-order valence-electron chi connectivity index (χ3n) is 2.78. The average Bonchev–Trinajstić information content (AvgIpc) is 2.54. The zero-order valence-electron chi connectivity index (χ0n) is 16.1. The van der Waals surface area contributed by atoms with E-state index in [0.29, 0.717) is 6.61 Å². The molecule has 0 aromatic rings. The smallest absolute Gasteiger partial charge is 0.317 e. The Balaban J connectivity index is -0.000000396. The lowest BCUT2D eigenvalue weighted by atomic mass is 9.92. The van der Waals surface area contributed by atoms with Crippen LogP contribution in [0.4, 0.5) is 0 Å². The van der Waals surface area contributed by atoms with Crippen LogP contribution in [0.1, 0.15) is 67.2 Å². The fraction of sp³-hybridized carbons (Fsp3) is 0.765. The molecule has 0 atom stereocenters. The maximum atomic E-state index is 11.2. The summed E-state index contributed by atoms with van der Waals surface area (Å²) >= 11 is 0. The van der Waals surface area contributed by atoms with Crippen LogP contribution in [0.25, 0.3) is 0 Å². The van der Waals surface area contributed by atoms with E-state index in [9.17, 15) is 19.2 Å². The summed E-state index contributed by atoms with van der Waals surface area (Å²) in [6.45, 7) is 11.6. The molecule has 0 heterocycles. The topological polar surface area (TPSA) is 127 Å². The summed E-state index contributed by atoms with van der Waals surface area (Å²) in [5.74, 6) is -2.54. The van der Waals surface area contributed by atoms with Gasteiger partial charge in [-0.1, -0.05) is 34.6 Å². The second-order valence-electron chi connectivity index (χ2n) is 5.65. The Morgan fingerprint density at radius 1 is 0.800 bits per heavy atom. The molecular formula is C17H32O8. The minimum absolute atomic E-state index is 0.0374. The van der Waals surface area contributed by atoms with Crippen molar-refractivity contribution in [2.75, 3.05) is 13.2 Å². The largest absolute Gasteiger partial charge is 0.481 e. The van der Waals surface area contributed by atoms with Gasteiger partial charge in [0.25, 0.3) is 0 Å². The van der Waals surface area contributed by atoms with E-state index < -0.39 is 23.9 Å². The van der Waals surface area contributed by atoms with Crippen LogP contribution in [0.5, 0.6) is 0 Å². The Bertz CT molecular complexity index is 387. The predicted octanol–water partition coefficient (Wildman–Crippen LogP) is 2.88. The molecular weight excluding hydrogens is 332 g/mol. The van der Waals surface area contributed by atoms with Crippen LogP contribution in [0.2, 0.25) is 0 Å². The summed E-state index contributed by atoms with van der Waals surface area (Å²) in [5, 5.41) is 15.4. The van der Waals surface area contributed by atoms with E-state index in [1.165, 1.54) is 0 Å². The molecule has 0 aliphatic rings. The lowest BCUT2D eigenvalue weighted by Gasteiger charge is -2.21. The van der Waals surface area contributed by atoms with Gasteiger partial charge < -0.3 is 19.7 Å². The lowest BCUT2D eigenvalue weighted by Crippen LogP contribution is -2.22. The highest BCUT2D eigenvalue weighted by Crippen LogP contribution is 2.19. The van der Waals surface area contributed by atoms with Gasteiger partial charge in [-0.3, -0.25) is 19.2 Å². The van der Waals surface area contributed by atoms with Crippen LogP contribution in [-0.2, 0) is 28.7 Å². The maximum absolute atomic E-state index is 11.2. The van der Waals surface area contributed by atoms with Gasteiger partial charge in [0.15, 0.2) is 0 Å². The van der Waals surface area contributed by atoms with Crippen molar-refractivity contribution in [2.24, 2.45) is 5.41 Å². The minimum atomic E-state index is -0.745. The second-order valence-corrected chi connectivity index (χ2v) is 5.65. The summed E-state index contributed by atoms with van der Waals surface area (Å²) in [4.78, 5) is 40.8. The molecule has 8 nitrogen and oxygen atoms in total. The van der Waals surface area contributed by atoms with Gasteiger partial charge in [-0.15, -0.1) is 0 Å². The number of hydrogen-bond acceptors (Lipinski definition) is 6. The summed E-state index contributed by atoms with van der Waals surface area (Å²) in [5.41, 5.74) is -0.0374. The fourth-order valence-corrected chi connectivity index (χ4v) is 0.759. The zero-order valence-corrected chi connectivity index (χ0v) is 16.1. The normalized spacial score (nSPS) is 9.52. The molecule has 25 heavy (non-hydrogen) atoms. The molecule has 0 radical (unpaired) electrons. The van der Waals surface area contributed by atoms with Crippen molar-refractivity contribution in [3.63, 3.8) is 0 Å². The first-order valence-electron chi connectivity index (χ1n) is 8.20. The molecule has 0 bridgehead atoms. The van der Waals surface area contributed by atoms with Gasteiger partial charge in [0.1, 0.15) is 6.42 Å². The van der Waals surface area contributed by atoms with Crippen molar-refractivity contribution in [1.82, 2.24) is 0 Å². The highest BCUT2D eigenvalue weighted by Gasteiger charge is 2.19. The standard InChI is InChI=1S/C11H20O4.2C3H6O2/c1-5-11(3,4)8-15-10(13)7-9(12)14-6-2;2*1-2-3(4)5/h5-8H2,1-4H3;2*2H2,1H3,(H,4,5). The van der Waals surface area contributed by atoms with Crippen molar-refractivity contribution in [2.45, 2.75) is 67.2 Å². The van der Waals surface area contributed by atoms with Crippen molar-refractivity contribution < 1.29 is 38.9 Å². The third kappa shape index (κ3) is 27.0. The Labute approximate surface area is 149 Å². The van der Waals surface area contributed by atoms with E-state index in [-0.39, 0.29) is 31.3 Å². The first-order chi connectivity index (χ1) is 11.4. The number of carboxylic acid groups (broad SMARTS) is 2.